The predicted molar refractivity (Wildman–Crippen MR) is 205 cm³/mol. The van der Waals surface area contributed by atoms with E-state index in [0.29, 0.717) is 0 Å². The molecule has 0 fully saturated rings. The van der Waals surface area contributed by atoms with Crippen LogP contribution in [0.25, 0.3) is 70.9 Å². The van der Waals surface area contributed by atoms with E-state index in [0.717, 1.165) is 22.7 Å². The average Bonchev–Trinajstić information content (AvgIpc) is 3.50. The maximum atomic E-state index is 2.49. The molecule has 0 radical (unpaired) electrons. The lowest BCUT2D eigenvalue weighted by Crippen LogP contribution is -2.12. The summed E-state index contributed by atoms with van der Waals surface area (Å²) < 4.78 is 2.40. The van der Waals surface area contributed by atoms with Crippen LogP contribution in [0.2, 0.25) is 0 Å². The number of hydrogen-bond acceptors (Lipinski definition) is 1. The van der Waals surface area contributed by atoms with Crippen molar-refractivity contribution in [3.05, 3.63) is 182 Å². The van der Waals surface area contributed by atoms with E-state index in [2.05, 4.69) is 191 Å². The number of benzene rings is 9. The molecule has 10 rings (SSSR count). The fourth-order valence-corrected chi connectivity index (χ4v) is 7.85. The highest BCUT2D eigenvalue weighted by Gasteiger charge is 2.24. The van der Waals surface area contributed by atoms with E-state index >= 15 is 0 Å². The first kappa shape index (κ1) is 26.8. The van der Waals surface area contributed by atoms with Crippen molar-refractivity contribution in [2.24, 2.45) is 0 Å². The SMILES string of the molecule is c1ccc(-c2ccccc2N(c2cc3ccc4cccc5ccc(c2)c3c45)c2cccc3c2c2ccccc2n3-c2ccccc2)cc1. The van der Waals surface area contributed by atoms with Gasteiger partial charge in [-0.3, -0.25) is 0 Å². The van der Waals surface area contributed by atoms with Gasteiger partial charge in [-0.1, -0.05) is 133 Å². The quantitative estimate of drug-likeness (QED) is 0.176. The summed E-state index contributed by atoms with van der Waals surface area (Å²) in [7, 11) is 0. The Morgan fingerprint density at radius 1 is 0.375 bits per heavy atom. The van der Waals surface area contributed by atoms with Gasteiger partial charge in [-0.15, -0.1) is 0 Å². The molecule has 9 aromatic carbocycles. The minimum Gasteiger partial charge on any atom is -0.309 e. The fourth-order valence-electron chi connectivity index (χ4n) is 7.85. The van der Waals surface area contributed by atoms with E-state index in [4.69, 9.17) is 0 Å². The van der Waals surface area contributed by atoms with Gasteiger partial charge in [-0.2, -0.15) is 0 Å². The van der Waals surface area contributed by atoms with Gasteiger partial charge in [0.25, 0.3) is 0 Å². The van der Waals surface area contributed by atoms with Crippen molar-refractivity contribution in [1.82, 2.24) is 4.57 Å². The van der Waals surface area contributed by atoms with Gasteiger partial charge in [0.15, 0.2) is 0 Å². The van der Waals surface area contributed by atoms with Crippen LogP contribution < -0.4 is 4.90 Å². The Hall–Kier alpha value is -6.38. The highest BCUT2D eigenvalue weighted by molar-refractivity contribution is 6.24. The number of anilines is 3. The predicted octanol–water partition coefficient (Wildman–Crippen LogP) is 12.8. The third-order valence-electron chi connectivity index (χ3n) is 9.87. The molecule has 1 heterocycles. The van der Waals surface area contributed by atoms with Gasteiger partial charge in [0, 0.05) is 27.7 Å². The number of hydrogen-bond donors (Lipinski definition) is 0. The normalized spacial score (nSPS) is 11.8. The molecule has 0 aliphatic heterocycles. The lowest BCUT2D eigenvalue weighted by Gasteiger charge is -2.29. The van der Waals surface area contributed by atoms with E-state index in [1.165, 1.54) is 65.3 Å². The van der Waals surface area contributed by atoms with Gasteiger partial charge in [0.05, 0.1) is 22.4 Å². The standard InChI is InChI=1S/C46H30N2/c1-3-13-31(14-4-1)38-19-7-9-21-40(38)48(37-29-34-27-25-32-15-11-16-33-26-28-35(30-37)45(34)44(32)33)43-24-12-23-42-46(43)39-20-8-10-22-41(39)47(42)36-17-5-2-6-18-36/h1-30H. The molecular formula is C46H30N2. The van der Waals surface area contributed by atoms with Gasteiger partial charge < -0.3 is 9.47 Å². The van der Waals surface area contributed by atoms with Gasteiger partial charge in [0.1, 0.15) is 0 Å². The van der Waals surface area contributed by atoms with Crippen molar-refractivity contribution >= 4 is 71.2 Å². The molecule has 0 bridgehead atoms. The van der Waals surface area contributed by atoms with Gasteiger partial charge in [0.2, 0.25) is 0 Å². The summed E-state index contributed by atoms with van der Waals surface area (Å²) >= 11 is 0. The summed E-state index contributed by atoms with van der Waals surface area (Å²) in [5.74, 6) is 0. The smallest absolute Gasteiger partial charge is 0.0562 e. The lowest BCUT2D eigenvalue weighted by molar-refractivity contribution is 1.18. The minimum absolute atomic E-state index is 1.13. The molecule has 224 valence electrons. The maximum absolute atomic E-state index is 2.49. The third-order valence-corrected chi connectivity index (χ3v) is 9.87. The molecule has 10 aromatic rings. The van der Waals surface area contributed by atoms with E-state index < -0.39 is 0 Å². The van der Waals surface area contributed by atoms with Crippen LogP contribution in [0.15, 0.2) is 182 Å². The van der Waals surface area contributed by atoms with E-state index in [1.807, 2.05) is 0 Å². The maximum Gasteiger partial charge on any atom is 0.0562 e. The molecule has 1 aromatic heterocycles. The molecule has 0 aliphatic rings. The van der Waals surface area contributed by atoms with Crippen LogP contribution in [0, 0.1) is 0 Å². The van der Waals surface area contributed by atoms with Crippen molar-refractivity contribution in [3.8, 4) is 16.8 Å². The first-order valence-corrected chi connectivity index (χ1v) is 16.5. The topological polar surface area (TPSA) is 8.17 Å². The molecule has 0 unspecified atom stereocenters. The number of fused-ring (bicyclic) bond motifs is 3. The van der Waals surface area contributed by atoms with Crippen molar-refractivity contribution in [1.29, 1.82) is 0 Å². The molecule has 0 spiro atoms. The molecular weight excluding hydrogens is 581 g/mol. The molecule has 0 amide bonds. The monoisotopic (exact) mass is 610 g/mol. The second-order valence-electron chi connectivity index (χ2n) is 12.6. The Kier molecular flexibility index (Phi) is 5.91. The van der Waals surface area contributed by atoms with Crippen molar-refractivity contribution in [3.63, 3.8) is 0 Å². The van der Waals surface area contributed by atoms with Crippen LogP contribution in [-0.4, -0.2) is 4.57 Å². The highest BCUT2D eigenvalue weighted by atomic mass is 15.2. The molecule has 48 heavy (non-hydrogen) atoms. The van der Waals surface area contributed by atoms with Crippen LogP contribution in [0.5, 0.6) is 0 Å². The summed E-state index contributed by atoms with van der Waals surface area (Å²) in [6.07, 6.45) is 0. The summed E-state index contributed by atoms with van der Waals surface area (Å²) in [4.78, 5) is 2.49. The zero-order chi connectivity index (χ0) is 31.6. The Morgan fingerprint density at radius 3 is 1.71 bits per heavy atom. The largest absolute Gasteiger partial charge is 0.309 e. The Bertz CT molecular complexity index is 2710. The van der Waals surface area contributed by atoms with Crippen LogP contribution in [-0.2, 0) is 0 Å². The van der Waals surface area contributed by atoms with E-state index in [1.54, 1.807) is 0 Å². The molecule has 2 heteroatoms. The Balaban J connectivity index is 1.33. The second kappa shape index (κ2) is 10.6. The van der Waals surface area contributed by atoms with Crippen LogP contribution in [0.3, 0.4) is 0 Å². The van der Waals surface area contributed by atoms with Crippen molar-refractivity contribution < 1.29 is 0 Å². The van der Waals surface area contributed by atoms with Crippen LogP contribution in [0.1, 0.15) is 0 Å². The summed E-state index contributed by atoms with van der Waals surface area (Å²) in [6.45, 7) is 0. The summed E-state index contributed by atoms with van der Waals surface area (Å²) in [5, 5.41) is 10.2. The van der Waals surface area contributed by atoms with Gasteiger partial charge in [-0.05, 0) is 86.4 Å². The van der Waals surface area contributed by atoms with Crippen molar-refractivity contribution in [2.75, 3.05) is 4.90 Å². The van der Waals surface area contributed by atoms with E-state index in [9.17, 15) is 0 Å². The highest BCUT2D eigenvalue weighted by Crippen LogP contribution is 2.48. The second-order valence-corrected chi connectivity index (χ2v) is 12.6. The Morgan fingerprint density at radius 2 is 0.938 bits per heavy atom. The molecule has 2 nitrogen and oxygen atoms in total. The van der Waals surface area contributed by atoms with Gasteiger partial charge in [-0.25, -0.2) is 0 Å². The number of nitrogens with zero attached hydrogens (tertiary/aromatic N) is 2. The first-order chi connectivity index (χ1) is 23.8. The lowest BCUT2D eigenvalue weighted by atomic mass is 9.93. The average molecular weight is 611 g/mol. The van der Waals surface area contributed by atoms with Crippen LogP contribution in [0.4, 0.5) is 17.1 Å². The molecule has 0 saturated carbocycles. The zero-order valence-electron chi connectivity index (χ0n) is 26.2. The molecule has 0 saturated heterocycles. The third kappa shape index (κ3) is 4.00. The number of rotatable bonds is 5. The van der Waals surface area contributed by atoms with E-state index in [-0.39, 0.29) is 0 Å². The van der Waals surface area contributed by atoms with Crippen LogP contribution >= 0.6 is 0 Å². The zero-order valence-corrected chi connectivity index (χ0v) is 26.2. The minimum atomic E-state index is 1.13. The number of para-hydroxylation sites is 3. The Labute approximate surface area is 278 Å². The first-order valence-electron chi connectivity index (χ1n) is 16.5. The summed E-state index contributed by atoms with van der Waals surface area (Å²) in [6, 6.07) is 66.3. The molecule has 0 atom stereocenters. The van der Waals surface area contributed by atoms with Gasteiger partial charge >= 0.3 is 0 Å². The molecule has 0 N–H and O–H groups in total. The fraction of sp³-hybridized carbons (Fsp3) is 0. The van der Waals surface area contributed by atoms with Crippen molar-refractivity contribution in [2.45, 2.75) is 0 Å². The molecule has 0 aliphatic carbocycles. The summed E-state index contributed by atoms with van der Waals surface area (Å²) in [5.41, 5.74) is 9.32. The number of aromatic nitrogens is 1.